The van der Waals surface area contributed by atoms with Crippen LogP contribution < -0.4 is 10.6 Å². The van der Waals surface area contributed by atoms with E-state index in [-0.39, 0.29) is 5.69 Å². The molecule has 0 aromatic carbocycles. The van der Waals surface area contributed by atoms with E-state index < -0.39 is 4.92 Å². The maximum atomic E-state index is 10.8. The first-order valence-corrected chi connectivity index (χ1v) is 5.63. The molecule has 0 amide bonds. The molecular formula is C11H18N4O3. The van der Waals surface area contributed by atoms with Crippen LogP contribution in [0.15, 0.2) is 12.1 Å². The smallest absolute Gasteiger partial charge is 0.276 e. The number of methoxy groups -OCH3 is 1. The summed E-state index contributed by atoms with van der Waals surface area (Å²) in [6, 6.07) is 2.81. The molecule has 2 N–H and O–H groups in total. The minimum absolute atomic E-state index is 0.0104. The van der Waals surface area contributed by atoms with Crippen LogP contribution in [0.25, 0.3) is 0 Å². The fourth-order valence-corrected chi connectivity index (χ4v) is 1.46. The number of nitro groups is 1. The van der Waals surface area contributed by atoms with Crippen molar-refractivity contribution in [3.63, 3.8) is 0 Å². The van der Waals surface area contributed by atoms with Crippen LogP contribution in [0.1, 0.15) is 6.92 Å². The Morgan fingerprint density at radius 3 is 2.72 bits per heavy atom. The molecule has 1 aromatic heterocycles. The third-order valence-corrected chi connectivity index (χ3v) is 2.36. The summed E-state index contributed by atoms with van der Waals surface area (Å²) in [5.41, 5.74) is 0.0104. The van der Waals surface area contributed by atoms with E-state index in [1.54, 1.807) is 14.2 Å². The highest BCUT2D eigenvalue weighted by Gasteiger charge is 2.11. The Hall–Kier alpha value is -1.89. The van der Waals surface area contributed by atoms with E-state index in [9.17, 15) is 10.1 Å². The summed E-state index contributed by atoms with van der Waals surface area (Å²) in [6.07, 6.45) is 0. The second kappa shape index (κ2) is 6.75. The highest BCUT2D eigenvalue weighted by molar-refractivity contribution is 5.54. The van der Waals surface area contributed by atoms with Crippen LogP contribution in [-0.2, 0) is 4.74 Å². The predicted octanol–water partition coefficient (Wildman–Crippen LogP) is 1.73. The average molecular weight is 254 g/mol. The van der Waals surface area contributed by atoms with Crippen LogP contribution in [0.3, 0.4) is 0 Å². The average Bonchev–Trinajstić information content (AvgIpc) is 2.36. The Labute approximate surface area is 106 Å². The van der Waals surface area contributed by atoms with Gasteiger partial charge in [-0.05, 0) is 5.92 Å². The van der Waals surface area contributed by atoms with Gasteiger partial charge in [0.05, 0.1) is 23.7 Å². The van der Waals surface area contributed by atoms with Gasteiger partial charge in [0.2, 0.25) is 0 Å². The second-order valence-electron chi connectivity index (χ2n) is 4.04. The Morgan fingerprint density at radius 1 is 1.50 bits per heavy atom. The van der Waals surface area contributed by atoms with Gasteiger partial charge in [-0.25, -0.2) is 4.98 Å². The van der Waals surface area contributed by atoms with Crippen LogP contribution in [0.4, 0.5) is 17.3 Å². The van der Waals surface area contributed by atoms with Crippen molar-refractivity contribution in [2.45, 2.75) is 6.92 Å². The number of hydrogen-bond acceptors (Lipinski definition) is 6. The topological polar surface area (TPSA) is 89.3 Å². The number of pyridine rings is 1. The lowest BCUT2D eigenvalue weighted by atomic mass is 10.2. The van der Waals surface area contributed by atoms with E-state index in [2.05, 4.69) is 15.6 Å². The summed E-state index contributed by atoms with van der Waals surface area (Å²) < 4.78 is 5.02. The third kappa shape index (κ3) is 4.17. The number of ether oxygens (including phenoxy) is 1. The minimum Gasteiger partial charge on any atom is -0.384 e. The summed E-state index contributed by atoms with van der Waals surface area (Å²) in [5.74, 6) is 1.25. The van der Waals surface area contributed by atoms with E-state index in [1.165, 1.54) is 12.1 Å². The lowest BCUT2D eigenvalue weighted by molar-refractivity contribution is -0.384. The molecule has 0 saturated heterocycles. The molecule has 0 bridgehead atoms. The molecule has 0 spiro atoms. The van der Waals surface area contributed by atoms with Gasteiger partial charge in [-0.1, -0.05) is 6.92 Å². The van der Waals surface area contributed by atoms with Gasteiger partial charge in [0.1, 0.15) is 11.6 Å². The molecule has 0 aliphatic rings. The van der Waals surface area contributed by atoms with Crippen molar-refractivity contribution in [2.24, 2.45) is 5.92 Å². The van der Waals surface area contributed by atoms with Gasteiger partial charge in [-0.15, -0.1) is 0 Å². The molecular weight excluding hydrogens is 236 g/mol. The Morgan fingerprint density at radius 2 is 2.17 bits per heavy atom. The van der Waals surface area contributed by atoms with Gasteiger partial charge in [-0.2, -0.15) is 0 Å². The quantitative estimate of drug-likeness (QED) is 0.569. The fourth-order valence-electron chi connectivity index (χ4n) is 1.46. The highest BCUT2D eigenvalue weighted by Crippen LogP contribution is 2.20. The molecule has 0 fully saturated rings. The summed E-state index contributed by atoms with van der Waals surface area (Å²) in [4.78, 5) is 14.5. The SMILES string of the molecule is CNc1cc([N+](=O)[O-])cc(NCC(C)COC)n1. The van der Waals surface area contributed by atoms with Crippen molar-refractivity contribution in [1.29, 1.82) is 0 Å². The second-order valence-corrected chi connectivity index (χ2v) is 4.04. The molecule has 0 radical (unpaired) electrons. The first-order valence-electron chi connectivity index (χ1n) is 5.63. The monoisotopic (exact) mass is 254 g/mol. The molecule has 0 aliphatic carbocycles. The van der Waals surface area contributed by atoms with Crippen LogP contribution in [0, 0.1) is 16.0 Å². The lowest BCUT2D eigenvalue weighted by Gasteiger charge is -2.12. The largest absolute Gasteiger partial charge is 0.384 e. The summed E-state index contributed by atoms with van der Waals surface area (Å²) in [6.45, 7) is 3.29. The van der Waals surface area contributed by atoms with E-state index in [0.29, 0.717) is 30.7 Å². The zero-order valence-corrected chi connectivity index (χ0v) is 10.8. The number of hydrogen-bond donors (Lipinski definition) is 2. The number of nitrogens with one attached hydrogen (secondary N) is 2. The zero-order valence-electron chi connectivity index (χ0n) is 10.8. The van der Waals surface area contributed by atoms with Gasteiger partial charge in [0, 0.05) is 20.7 Å². The van der Waals surface area contributed by atoms with Gasteiger partial charge >= 0.3 is 0 Å². The standard InChI is InChI=1S/C11H18N4O3/c1-8(7-18-3)6-13-11-5-9(15(16)17)4-10(12-2)14-11/h4-5,8H,6-7H2,1-3H3,(H2,12,13,14). The Bertz CT molecular complexity index is 411. The van der Waals surface area contributed by atoms with Gasteiger partial charge in [0.15, 0.2) is 0 Å². The minimum atomic E-state index is -0.438. The van der Waals surface area contributed by atoms with E-state index in [4.69, 9.17) is 4.74 Å². The molecule has 0 saturated carbocycles. The van der Waals surface area contributed by atoms with Crippen molar-refractivity contribution in [1.82, 2.24) is 4.98 Å². The molecule has 18 heavy (non-hydrogen) atoms. The molecule has 7 nitrogen and oxygen atoms in total. The van der Waals surface area contributed by atoms with Crippen molar-refractivity contribution in [2.75, 3.05) is 37.9 Å². The summed E-state index contributed by atoms with van der Waals surface area (Å²) in [5, 5.41) is 16.6. The molecule has 0 aliphatic heterocycles. The van der Waals surface area contributed by atoms with E-state index in [1.807, 2.05) is 6.92 Å². The number of nitrogens with zero attached hydrogens (tertiary/aromatic N) is 2. The molecule has 1 aromatic rings. The van der Waals surface area contributed by atoms with Crippen molar-refractivity contribution >= 4 is 17.3 Å². The molecule has 1 heterocycles. The van der Waals surface area contributed by atoms with Crippen molar-refractivity contribution < 1.29 is 9.66 Å². The highest BCUT2D eigenvalue weighted by atomic mass is 16.6. The van der Waals surface area contributed by atoms with Crippen LogP contribution in [0.5, 0.6) is 0 Å². The number of aromatic nitrogens is 1. The predicted molar refractivity (Wildman–Crippen MR) is 70.0 cm³/mol. The van der Waals surface area contributed by atoms with E-state index in [0.717, 1.165) is 0 Å². The van der Waals surface area contributed by atoms with Gasteiger partial charge in [-0.3, -0.25) is 10.1 Å². The lowest BCUT2D eigenvalue weighted by Crippen LogP contribution is -2.16. The molecule has 1 rings (SSSR count). The summed E-state index contributed by atoms with van der Waals surface area (Å²) in [7, 11) is 3.31. The Kier molecular flexibility index (Phi) is 5.31. The van der Waals surface area contributed by atoms with Crippen LogP contribution in [0.2, 0.25) is 0 Å². The number of rotatable bonds is 7. The van der Waals surface area contributed by atoms with Gasteiger partial charge in [0.25, 0.3) is 5.69 Å². The Balaban J connectivity index is 2.75. The molecule has 1 atom stereocenters. The zero-order chi connectivity index (χ0) is 13.5. The summed E-state index contributed by atoms with van der Waals surface area (Å²) >= 11 is 0. The fraction of sp³-hybridized carbons (Fsp3) is 0.545. The van der Waals surface area contributed by atoms with Crippen molar-refractivity contribution in [3.8, 4) is 0 Å². The van der Waals surface area contributed by atoms with Gasteiger partial charge < -0.3 is 15.4 Å². The molecule has 1 unspecified atom stereocenters. The van der Waals surface area contributed by atoms with Crippen LogP contribution in [-0.4, -0.2) is 37.2 Å². The maximum absolute atomic E-state index is 10.8. The first-order chi connectivity index (χ1) is 8.56. The van der Waals surface area contributed by atoms with Crippen molar-refractivity contribution in [3.05, 3.63) is 22.2 Å². The normalized spacial score (nSPS) is 11.9. The van der Waals surface area contributed by atoms with Crippen LogP contribution >= 0.6 is 0 Å². The molecule has 7 heteroatoms. The first kappa shape index (κ1) is 14.2. The van der Waals surface area contributed by atoms with E-state index >= 15 is 0 Å². The number of anilines is 2. The molecule has 100 valence electrons. The third-order valence-electron chi connectivity index (χ3n) is 2.36. The maximum Gasteiger partial charge on any atom is 0.276 e.